The van der Waals surface area contributed by atoms with Crippen molar-refractivity contribution in [2.45, 2.75) is 45.1 Å². The highest BCUT2D eigenvalue weighted by Gasteiger charge is 2.15. The number of hydrogen-bond donors (Lipinski definition) is 1. The summed E-state index contributed by atoms with van der Waals surface area (Å²) >= 11 is 0. The molecule has 1 atom stereocenters. The monoisotopic (exact) mass is 272 g/mol. The van der Waals surface area contributed by atoms with Crippen molar-refractivity contribution in [1.29, 1.82) is 0 Å². The Hall–Kier alpha value is -1.75. The van der Waals surface area contributed by atoms with E-state index in [9.17, 15) is 0 Å². The average Bonchev–Trinajstić information content (AvgIpc) is 2.95. The second kappa shape index (κ2) is 6.13. The number of nitrogens with zero attached hydrogens (tertiary/aromatic N) is 3. The van der Waals surface area contributed by atoms with E-state index in [1.54, 1.807) is 6.20 Å². The minimum atomic E-state index is 0.584. The topological polar surface area (TPSA) is 63.8 Å². The first-order valence-corrected chi connectivity index (χ1v) is 7.30. The standard InChI is InChI=1S/C15H20N4O/c1-11-7-9-17-13(10-11)15-18-14(20-19-15)6-5-12-4-2-3-8-16-12/h7,9-10,12,16H,2-6,8H2,1H3. The van der Waals surface area contributed by atoms with Gasteiger partial charge in [0.1, 0.15) is 5.69 Å². The summed E-state index contributed by atoms with van der Waals surface area (Å²) in [5.41, 5.74) is 1.92. The van der Waals surface area contributed by atoms with Crippen LogP contribution in [0.2, 0.25) is 0 Å². The van der Waals surface area contributed by atoms with Crippen molar-refractivity contribution in [3.63, 3.8) is 0 Å². The first kappa shape index (κ1) is 13.2. The molecule has 0 bridgehead atoms. The molecule has 5 heteroatoms. The molecule has 3 heterocycles. The lowest BCUT2D eigenvalue weighted by Crippen LogP contribution is -2.34. The molecule has 20 heavy (non-hydrogen) atoms. The third-order valence-corrected chi connectivity index (χ3v) is 3.73. The van der Waals surface area contributed by atoms with Crippen molar-refractivity contribution in [3.05, 3.63) is 29.8 Å². The molecule has 0 aromatic carbocycles. The van der Waals surface area contributed by atoms with Gasteiger partial charge in [0.15, 0.2) is 0 Å². The number of nitrogens with one attached hydrogen (secondary N) is 1. The lowest BCUT2D eigenvalue weighted by Gasteiger charge is -2.22. The van der Waals surface area contributed by atoms with Crippen LogP contribution in [0.15, 0.2) is 22.9 Å². The molecular formula is C15H20N4O. The van der Waals surface area contributed by atoms with Gasteiger partial charge in [-0.15, -0.1) is 0 Å². The Morgan fingerprint density at radius 3 is 3.15 bits per heavy atom. The van der Waals surface area contributed by atoms with Crippen LogP contribution in [0.25, 0.3) is 11.5 Å². The van der Waals surface area contributed by atoms with Gasteiger partial charge in [0.2, 0.25) is 11.7 Å². The number of aryl methyl sites for hydroxylation is 2. The van der Waals surface area contributed by atoms with Gasteiger partial charge in [0, 0.05) is 18.7 Å². The molecule has 2 aromatic rings. The Kier molecular flexibility index (Phi) is 4.06. The SMILES string of the molecule is Cc1ccnc(-c2noc(CCC3CCCCN3)n2)c1. The molecule has 1 aliphatic heterocycles. The second-order valence-electron chi connectivity index (χ2n) is 5.42. The highest BCUT2D eigenvalue weighted by molar-refractivity contribution is 5.48. The maximum atomic E-state index is 5.32. The van der Waals surface area contributed by atoms with Crippen molar-refractivity contribution in [2.75, 3.05) is 6.54 Å². The molecule has 1 fully saturated rings. The number of aromatic nitrogens is 3. The first-order valence-electron chi connectivity index (χ1n) is 7.30. The molecule has 5 nitrogen and oxygen atoms in total. The van der Waals surface area contributed by atoms with Crippen LogP contribution in [0.1, 0.15) is 37.1 Å². The fraction of sp³-hybridized carbons (Fsp3) is 0.533. The van der Waals surface area contributed by atoms with Crippen LogP contribution in [0.4, 0.5) is 0 Å². The van der Waals surface area contributed by atoms with Gasteiger partial charge in [0.25, 0.3) is 0 Å². The summed E-state index contributed by atoms with van der Waals surface area (Å²) in [5, 5.41) is 7.56. The van der Waals surface area contributed by atoms with Crippen molar-refractivity contribution < 1.29 is 4.52 Å². The minimum absolute atomic E-state index is 0.584. The third kappa shape index (κ3) is 3.22. The summed E-state index contributed by atoms with van der Waals surface area (Å²) in [6, 6.07) is 4.52. The highest BCUT2D eigenvalue weighted by Crippen LogP contribution is 2.16. The van der Waals surface area contributed by atoms with E-state index in [1.165, 1.54) is 19.3 Å². The molecule has 0 spiro atoms. The Labute approximate surface area is 118 Å². The van der Waals surface area contributed by atoms with Gasteiger partial charge in [0.05, 0.1) is 0 Å². The van der Waals surface area contributed by atoms with Crippen molar-refractivity contribution in [1.82, 2.24) is 20.4 Å². The van der Waals surface area contributed by atoms with Gasteiger partial charge in [-0.3, -0.25) is 4.98 Å². The Morgan fingerprint density at radius 1 is 1.40 bits per heavy atom. The Balaban J connectivity index is 1.61. The number of hydrogen-bond acceptors (Lipinski definition) is 5. The molecule has 3 rings (SSSR count). The van der Waals surface area contributed by atoms with Crippen LogP contribution in [-0.2, 0) is 6.42 Å². The number of pyridine rings is 1. The van der Waals surface area contributed by atoms with Crippen molar-refractivity contribution in [2.24, 2.45) is 0 Å². The van der Waals surface area contributed by atoms with E-state index < -0.39 is 0 Å². The largest absolute Gasteiger partial charge is 0.339 e. The zero-order valence-electron chi connectivity index (χ0n) is 11.8. The molecule has 0 radical (unpaired) electrons. The third-order valence-electron chi connectivity index (χ3n) is 3.73. The van der Waals surface area contributed by atoms with E-state index in [0.717, 1.165) is 30.6 Å². The molecule has 1 unspecified atom stereocenters. The maximum Gasteiger partial charge on any atom is 0.227 e. The molecule has 0 saturated carbocycles. The van der Waals surface area contributed by atoms with Crippen LogP contribution in [0.5, 0.6) is 0 Å². The predicted molar refractivity (Wildman–Crippen MR) is 76.2 cm³/mol. The van der Waals surface area contributed by atoms with E-state index in [0.29, 0.717) is 17.8 Å². The van der Waals surface area contributed by atoms with Gasteiger partial charge in [-0.1, -0.05) is 11.6 Å². The molecule has 106 valence electrons. The van der Waals surface area contributed by atoms with Crippen LogP contribution >= 0.6 is 0 Å². The lowest BCUT2D eigenvalue weighted by molar-refractivity contribution is 0.342. The summed E-state index contributed by atoms with van der Waals surface area (Å²) < 4.78 is 5.32. The predicted octanol–water partition coefficient (Wildman–Crippen LogP) is 2.51. The Bertz CT molecular complexity index is 561. The number of piperidine rings is 1. The molecule has 2 aromatic heterocycles. The quantitative estimate of drug-likeness (QED) is 0.926. The summed E-state index contributed by atoms with van der Waals surface area (Å²) in [5.74, 6) is 1.29. The normalized spacial score (nSPS) is 19.1. The van der Waals surface area contributed by atoms with E-state index in [2.05, 4.69) is 20.4 Å². The van der Waals surface area contributed by atoms with E-state index in [1.807, 2.05) is 19.1 Å². The summed E-state index contributed by atoms with van der Waals surface area (Å²) in [4.78, 5) is 8.71. The second-order valence-corrected chi connectivity index (χ2v) is 5.42. The molecule has 1 aliphatic rings. The molecule has 0 amide bonds. The molecule has 1 saturated heterocycles. The van der Waals surface area contributed by atoms with E-state index in [-0.39, 0.29) is 0 Å². The summed E-state index contributed by atoms with van der Waals surface area (Å²) in [7, 11) is 0. The highest BCUT2D eigenvalue weighted by atomic mass is 16.5. The first-order chi connectivity index (χ1) is 9.81. The Morgan fingerprint density at radius 2 is 2.35 bits per heavy atom. The van der Waals surface area contributed by atoms with E-state index >= 15 is 0 Å². The zero-order valence-corrected chi connectivity index (χ0v) is 11.8. The van der Waals surface area contributed by atoms with E-state index in [4.69, 9.17) is 4.52 Å². The van der Waals surface area contributed by atoms with Crippen LogP contribution in [0, 0.1) is 6.92 Å². The van der Waals surface area contributed by atoms with Crippen LogP contribution in [-0.4, -0.2) is 27.7 Å². The zero-order chi connectivity index (χ0) is 13.8. The molecule has 0 aliphatic carbocycles. The van der Waals surface area contributed by atoms with Gasteiger partial charge in [-0.2, -0.15) is 4.98 Å². The molecule has 1 N–H and O–H groups in total. The summed E-state index contributed by atoms with van der Waals surface area (Å²) in [6.45, 7) is 3.16. The maximum absolute atomic E-state index is 5.32. The summed E-state index contributed by atoms with van der Waals surface area (Å²) in [6.07, 6.45) is 7.52. The average molecular weight is 272 g/mol. The minimum Gasteiger partial charge on any atom is -0.339 e. The fourth-order valence-electron chi connectivity index (χ4n) is 2.59. The van der Waals surface area contributed by atoms with Gasteiger partial charge < -0.3 is 9.84 Å². The fourth-order valence-corrected chi connectivity index (χ4v) is 2.59. The van der Waals surface area contributed by atoms with Crippen molar-refractivity contribution >= 4 is 0 Å². The molecular weight excluding hydrogens is 252 g/mol. The van der Waals surface area contributed by atoms with Crippen LogP contribution < -0.4 is 5.32 Å². The van der Waals surface area contributed by atoms with Gasteiger partial charge in [-0.05, 0) is 50.4 Å². The van der Waals surface area contributed by atoms with Gasteiger partial charge >= 0.3 is 0 Å². The number of rotatable bonds is 4. The van der Waals surface area contributed by atoms with Gasteiger partial charge in [-0.25, -0.2) is 0 Å². The van der Waals surface area contributed by atoms with Crippen molar-refractivity contribution in [3.8, 4) is 11.5 Å². The lowest BCUT2D eigenvalue weighted by atomic mass is 10.0. The smallest absolute Gasteiger partial charge is 0.227 e. The van der Waals surface area contributed by atoms with Crippen LogP contribution in [0.3, 0.4) is 0 Å².